The summed E-state index contributed by atoms with van der Waals surface area (Å²) in [6, 6.07) is 22.1. The van der Waals surface area contributed by atoms with E-state index in [1.165, 1.54) is 24.3 Å². The van der Waals surface area contributed by atoms with Crippen LogP contribution in [0.3, 0.4) is 0 Å². The van der Waals surface area contributed by atoms with Crippen LogP contribution >= 0.6 is 0 Å². The summed E-state index contributed by atoms with van der Waals surface area (Å²) in [5, 5.41) is 6.60. The number of nitrogens with zero attached hydrogens (tertiary/aromatic N) is 1. The molecule has 7 nitrogen and oxygen atoms in total. The van der Waals surface area contributed by atoms with E-state index in [4.69, 9.17) is 4.52 Å². The van der Waals surface area contributed by atoms with E-state index in [-0.39, 0.29) is 10.7 Å². The first-order valence-electron chi connectivity index (χ1n) is 9.85. The van der Waals surface area contributed by atoms with Gasteiger partial charge in [-0.15, -0.1) is 0 Å². The fourth-order valence-corrected chi connectivity index (χ4v) is 4.11. The first-order valence-corrected chi connectivity index (χ1v) is 11.3. The van der Waals surface area contributed by atoms with E-state index in [2.05, 4.69) is 15.2 Å². The smallest absolute Gasteiger partial charge is 0.294 e. The average molecular weight is 448 g/mol. The number of rotatable bonds is 6. The molecule has 32 heavy (non-hydrogen) atoms. The van der Waals surface area contributed by atoms with Gasteiger partial charge in [-0.3, -0.25) is 9.52 Å². The van der Waals surface area contributed by atoms with Crippen molar-refractivity contribution in [3.05, 3.63) is 95.7 Å². The zero-order chi connectivity index (χ0) is 22.7. The van der Waals surface area contributed by atoms with Crippen molar-refractivity contribution in [1.82, 2.24) is 5.16 Å². The second-order valence-corrected chi connectivity index (χ2v) is 9.01. The lowest BCUT2D eigenvalue weighted by molar-refractivity contribution is 0.0988. The molecule has 0 aliphatic heterocycles. The molecule has 3 aromatic carbocycles. The third-order valence-corrected chi connectivity index (χ3v) is 6.38. The number of anilines is 2. The summed E-state index contributed by atoms with van der Waals surface area (Å²) in [5.74, 6) is -0.430. The maximum Gasteiger partial charge on any atom is 0.294 e. The summed E-state index contributed by atoms with van der Waals surface area (Å²) in [4.78, 5) is 12.5. The fourth-order valence-electron chi connectivity index (χ4n) is 3.06. The third kappa shape index (κ3) is 4.70. The minimum atomic E-state index is -3.76. The molecule has 0 spiro atoms. The molecule has 0 atom stereocenters. The third-order valence-electron chi connectivity index (χ3n) is 4.99. The maximum atomic E-state index is 12.7. The first kappa shape index (κ1) is 21.3. The second kappa shape index (κ2) is 8.68. The van der Waals surface area contributed by atoms with Gasteiger partial charge in [0.1, 0.15) is 5.69 Å². The molecule has 0 fully saturated rings. The minimum Gasteiger partial charge on any atom is -0.350 e. The molecule has 0 unspecified atom stereocenters. The summed E-state index contributed by atoms with van der Waals surface area (Å²) in [6.07, 6.45) is 0. The topological polar surface area (TPSA) is 101 Å². The number of carbonyl (C=O) groups is 1. The SMILES string of the molecule is Cc1ccc(NS(=O)(=O)c2ccc(NC(=O)c3cc(-c4ccccc4)no3)cc2)cc1C. The number of sulfonamides is 1. The summed E-state index contributed by atoms with van der Waals surface area (Å²) in [7, 11) is -3.76. The van der Waals surface area contributed by atoms with E-state index in [0.29, 0.717) is 17.1 Å². The molecule has 0 saturated carbocycles. The molecule has 1 amide bonds. The standard InChI is InChI=1S/C24H21N3O4S/c1-16-8-9-20(14-17(16)2)27-32(29,30)21-12-10-19(11-13-21)25-24(28)23-15-22(26-31-23)18-6-4-3-5-7-18/h3-15,27H,1-2H3,(H,25,28). The Bertz CT molecular complexity index is 1360. The number of benzene rings is 3. The van der Waals surface area contributed by atoms with Crippen molar-refractivity contribution in [3.8, 4) is 11.3 Å². The van der Waals surface area contributed by atoms with Gasteiger partial charge in [-0.1, -0.05) is 41.6 Å². The van der Waals surface area contributed by atoms with Crippen LogP contribution in [0.2, 0.25) is 0 Å². The van der Waals surface area contributed by atoms with E-state index >= 15 is 0 Å². The molecular formula is C24H21N3O4S. The summed E-state index contributed by atoms with van der Waals surface area (Å²) >= 11 is 0. The van der Waals surface area contributed by atoms with Crippen LogP contribution in [0.1, 0.15) is 21.7 Å². The van der Waals surface area contributed by atoms with Crippen molar-refractivity contribution >= 4 is 27.3 Å². The highest BCUT2D eigenvalue weighted by molar-refractivity contribution is 7.92. The predicted molar refractivity (Wildman–Crippen MR) is 123 cm³/mol. The molecule has 4 rings (SSSR count). The van der Waals surface area contributed by atoms with E-state index < -0.39 is 15.9 Å². The van der Waals surface area contributed by atoms with E-state index in [1.807, 2.05) is 50.2 Å². The second-order valence-electron chi connectivity index (χ2n) is 7.33. The normalized spacial score (nSPS) is 11.2. The molecule has 0 bridgehead atoms. The van der Waals surface area contributed by atoms with Crippen molar-refractivity contribution in [3.63, 3.8) is 0 Å². The Morgan fingerprint density at radius 1 is 0.844 bits per heavy atom. The van der Waals surface area contributed by atoms with Crippen LogP contribution in [0.15, 0.2) is 88.3 Å². The van der Waals surface area contributed by atoms with Crippen LogP contribution < -0.4 is 10.0 Å². The Morgan fingerprint density at radius 2 is 1.53 bits per heavy atom. The van der Waals surface area contributed by atoms with Gasteiger partial charge in [0, 0.05) is 23.0 Å². The van der Waals surface area contributed by atoms with Crippen molar-refractivity contribution in [1.29, 1.82) is 0 Å². The lowest BCUT2D eigenvalue weighted by Crippen LogP contribution is -2.14. The number of nitrogens with one attached hydrogen (secondary N) is 2. The number of hydrogen-bond acceptors (Lipinski definition) is 5. The molecule has 0 radical (unpaired) electrons. The van der Waals surface area contributed by atoms with Gasteiger partial charge >= 0.3 is 0 Å². The molecule has 0 saturated heterocycles. The quantitative estimate of drug-likeness (QED) is 0.433. The number of aryl methyl sites for hydroxylation is 2. The van der Waals surface area contributed by atoms with Crippen LogP contribution in [0, 0.1) is 13.8 Å². The number of hydrogen-bond donors (Lipinski definition) is 2. The Labute approximate surface area is 186 Å². The van der Waals surface area contributed by atoms with Crippen molar-refractivity contribution in [2.75, 3.05) is 10.0 Å². The fraction of sp³-hybridized carbons (Fsp3) is 0.0833. The number of carbonyl (C=O) groups excluding carboxylic acids is 1. The molecular weight excluding hydrogens is 426 g/mol. The van der Waals surface area contributed by atoms with Gasteiger partial charge in [0.15, 0.2) is 0 Å². The van der Waals surface area contributed by atoms with E-state index in [9.17, 15) is 13.2 Å². The molecule has 4 aromatic rings. The van der Waals surface area contributed by atoms with Crippen molar-refractivity contribution in [2.45, 2.75) is 18.7 Å². The van der Waals surface area contributed by atoms with Crippen LogP contribution in [0.5, 0.6) is 0 Å². The number of amides is 1. The molecule has 0 aliphatic carbocycles. The van der Waals surface area contributed by atoms with Gasteiger partial charge < -0.3 is 9.84 Å². The highest BCUT2D eigenvalue weighted by atomic mass is 32.2. The summed E-state index contributed by atoms with van der Waals surface area (Å²) in [6.45, 7) is 3.88. The van der Waals surface area contributed by atoms with E-state index in [0.717, 1.165) is 16.7 Å². The van der Waals surface area contributed by atoms with Gasteiger partial charge in [0.05, 0.1) is 4.90 Å². The summed E-state index contributed by atoms with van der Waals surface area (Å²) in [5.41, 5.74) is 4.38. The molecule has 1 heterocycles. The maximum absolute atomic E-state index is 12.7. The van der Waals surface area contributed by atoms with Gasteiger partial charge in [-0.25, -0.2) is 8.42 Å². The Balaban J connectivity index is 1.45. The molecule has 8 heteroatoms. The first-order chi connectivity index (χ1) is 15.3. The number of aromatic nitrogens is 1. The molecule has 0 aliphatic rings. The largest absolute Gasteiger partial charge is 0.350 e. The summed E-state index contributed by atoms with van der Waals surface area (Å²) < 4.78 is 33.1. The van der Waals surface area contributed by atoms with Crippen LogP contribution in [0.4, 0.5) is 11.4 Å². The van der Waals surface area contributed by atoms with Crippen LogP contribution in [0.25, 0.3) is 11.3 Å². The Morgan fingerprint density at radius 3 is 2.22 bits per heavy atom. The van der Waals surface area contributed by atoms with Crippen molar-refractivity contribution in [2.24, 2.45) is 0 Å². The van der Waals surface area contributed by atoms with Crippen LogP contribution in [-0.2, 0) is 10.0 Å². The highest BCUT2D eigenvalue weighted by Gasteiger charge is 2.17. The zero-order valence-electron chi connectivity index (χ0n) is 17.5. The predicted octanol–water partition coefficient (Wildman–Crippen LogP) is 5.01. The van der Waals surface area contributed by atoms with Gasteiger partial charge in [-0.05, 0) is 61.4 Å². The average Bonchev–Trinajstić information content (AvgIpc) is 3.28. The van der Waals surface area contributed by atoms with E-state index in [1.54, 1.807) is 18.2 Å². The van der Waals surface area contributed by atoms with Crippen LogP contribution in [-0.4, -0.2) is 19.5 Å². The minimum absolute atomic E-state index is 0.0527. The van der Waals surface area contributed by atoms with Crippen molar-refractivity contribution < 1.29 is 17.7 Å². The van der Waals surface area contributed by atoms with Gasteiger partial charge in [0.2, 0.25) is 5.76 Å². The van der Waals surface area contributed by atoms with Gasteiger partial charge in [-0.2, -0.15) is 0 Å². The van der Waals surface area contributed by atoms with Gasteiger partial charge in [0.25, 0.3) is 15.9 Å². The molecule has 2 N–H and O–H groups in total. The lowest BCUT2D eigenvalue weighted by Gasteiger charge is -2.10. The zero-order valence-corrected chi connectivity index (χ0v) is 18.3. The highest BCUT2D eigenvalue weighted by Crippen LogP contribution is 2.22. The molecule has 1 aromatic heterocycles. The Kier molecular flexibility index (Phi) is 5.79. The monoisotopic (exact) mass is 447 g/mol. The lowest BCUT2D eigenvalue weighted by atomic mass is 10.1. The Hall–Kier alpha value is -3.91. The molecule has 162 valence electrons.